The van der Waals surface area contributed by atoms with Crippen molar-refractivity contribution < 1.29 is 9.47 Å². The molecule has 0 unspecified atom stereocenters. The SMILES string of the molecule is CNCc1cncn1CCc1ccc(OC)c(OC)c1. The van der Waals surface area contributed by atoms with Gasteiger partial charge in [0, 0.05) is 19.3 Å². The third-order valence-corrected chi connectivity index (χ3v) is 3.25. The van der Waals surface area contributed by atoms with E-state index in [0.29, 0.717) is 0 Å². The van der Waals surface area contributed by atoms with E-state index in [9.17, 15) is 0 Å². The second-order valence-corrected chi connectivity index (χ2v) is 4.55. The van der Waals surface area contributed by atoms with Gasteiger partial charge in [-0.15, -0.1) is 0 Å². The molecule has 20 heavy (non-hydrogen) atoms. The summed E-state index contributed by atoms with van der Waals surface area (Å²) in [5, 5.41) is 3.14. The fraction of sp³-hybridized carbons (Fsp3) is 0.400. The van der Waals surface area contributed by atoms with Crippen LogP contribution in [0.15, 0.2) is 30.7 Å². The fourth-order valence-corrected chi connectivity index (χ4v) is 2.16. The fourth-order valence-electron chi connectivity index (χ4n) is 2.16. The zero-order valence-electron chi connectivity index (χ0n) is 12.2. The second kappa shape index (κ2) is 6.96. The summed E-state index contributed by atoms with van der Waals surface area (Å²) in [5.74, 6) is 1.53. The molecule has 2 rings (SSSR count). The summed E-state index contributed by atoms with van der Waals surface area (Å²) in [7, 11) is 5.24. The van der Waals surface area contributed by atoms with Crippen LogP contribution < -0.4 is 14.8 Å². The maximum absolute atomic E-state index is 5.32. The average molecular weight is 275 g/mol. The molecular weight excluding hydrogens is 254 g/mol. The van der Waals surface area contributed by atoms with E-state index in [0.717, 1.165) is 31.0 Å². The Morgan fingerprint density at radius 2 is 2.00 bits per heavy atom. The summed E-state index contributed by atoms with van der Waals surface area (Å²) < 4.78 is 12.7. The molecule has 0 fully saturated rings. The number of imidazole rings is 1. The summed E-state index contributed by atoms with van der Waals surface area (Å²) in [6.45, 7) is 1.72. The summed E-state index contributed by atoms with van der Waals surface area (Å²) in [5.41, 5.74) is 2.40. The number of aryl methyl sites for hydroxylation is 2. The Morgan fingerprint density at radius 3 is 2.70 bits per heavy atom. The van der Waals surface area contributed by atoms with Gasteiger partial charge >= 0.3 is 0 Å². The number of benzene rings is 1. The van der Waals surface area contributed by atoms with Crippen LogP contribution in [0.3, 0.4) is 0 Å². The Bertz CT molecular complexity index is 552. The van der Waals surface area contributed by atoms with Gasteiger partial charge in [-0.1, -0.05) is 6.07 Å². The standard InChI is InChI=1S/C15H21N3O2/c1-16-9-13-10-17-11-18(13)7-6-12-4-5-14(19-2)15(8-12)20-3/h4-5,8,10-11,16H,6-7,9H2,1-3H3. The highest BCUT2D eigenvalue weighted by Crippen LogP contribution is 2.27. The van der Waals surface area contributed by atoms with Gasteiger partial charge in [0.15, 0.2) is 11.5 Å². The molecule has 0 aliphatic heterocycles. The Kier molecular flexibility index (Phi) is 5.01. The molecule has 0 radical (unpaired) electrons. The first-order valence-corrected chi connectivity index (χ1v) is 6.63. The van der Waals surface area contributed by atoms with Crippen molar-refractivity contribution in [1.82, 2.24) is 14.9 Å². The molecule has 0 spiro atoms. The van der Waals surface area contributed by atoms with Crippen LogP contribution in [0.4, 0.5) is 0 Å². The highest BCUT2D eigenvalue weighted by molar-refractivity contribution is 5.42. The van der Waals surface area contributed by atoms with E-state index >= 15 is 0 Å². The molecule has 0 atom stereocenters. The number of methoxy groups -OCH3 is 2. The van der Waals surface area contributed by atoms with Crippen molar-refractivity contribution in [3.05, 3.63) is 42.0 Å². The van der Waals surface area contributed by atoms with Gasteiger partial charge in [-0.05, 0) is 31.2 Å². The minimum absolute atomic E-state index is 0.759. The van der Waals surface area contributed by atoms with Gasteiger partial charge in [-0.25, -0.2) is 4.98 Å². The van der Waals surface area contributed by atoms with E-state index in [2.05, 4.69) is 20.9 Å². The van der Waals surface area contributed by atoms with E-state index in [4.69, 9.17) is 9.47 Å². The molecular formula is C15H21N3O2. The van der Waals surface area contributed by atoms with E-state index in [-0.39, 0.29) is 0 Å². The van der Waals surface area contributed by atoms with Gasteiger partial charge < -0.3 is 19.4 Å². The van der Waals surface area contributed by atoms with Crippen molar-refractivity contribution in [2.75, 3.05) is 21.3 Å². The lowest BCUT2D eigenvalue weighted by atomic mass is 10.1. The third-order valence-electron chi connectivity index (χ3n) is 3.25. The zero-order chi connectivity index (χ0) is 14.4. The first kappa shape index (κ1) is 14.4. The van der Waals surface area contributed by atoms with Crippen LogP contribution in [0.25, 0.3) is 0 Å². The third kappa shape index (κ3) is 3.30. The molecule has 2 aromatic rings. The Balaban J connectivity index is 2.05. The molecule has 0 aliphatic carbocycles. The van der Waals surface area contributed by atoms with Gasteiger partial charge in [0.25, 0.3) is 0 Å². The van der Waals surface area contributed by atoms with Crippen LogP contribution in [0.1, 0.15) is 11.3 Å². The minimum atomic E-state index is 0.759. The summed E-state index contributed by atoms with van der Waals surface area (Å²) in [4.78, 5) is 4.19. The number of ether oxygens (including phenoxy) is 2. The monoisotopic (exact) mass is 275 g/mol. The molecule has 1 aromatic heterocycles. The first-order chi connectivity index (χ1) is 9.78. The lowest BCUT2D eigenvalue weighted by molar-refractivity contribution is 0.354. The quantitative estimate of drug-likeness (QED) is 0.838. The normalized spacial score (nSPS) is 10.6. The van der Waals surface area contributed by atoms with Crippen molar-refractivity contribution in [2.24, 2.45) is 0 Å². The van der Waals surface area contributed by atoms with Crippen LogP contribution in [0.2, 0.25) is 0 Å². The van der Waals surface area contributed by atoms with Crippen molar-refractivity contribution in [2.45, 2.75) is 19.5 Å². The molecule has 5 nitrogen and oxygen atoms in total. The number of hydrogen-bond donors (Lipinski definition) is 1. The van der Waals surface area contributed by atoms with E-state index in [1.54, 1.807) is 14.2 Å². The van der Waals surface area contributed by atoms with Crippen LogP contribution in [-0.4, -0.2) is 30.8 Å². The Hall–Kier alpha value is -2.01. The van der Waals surface area contributed by atoms with Crippen molar-refractivity contribution in [3.63, 3.8) is 0 Å². The van der Waals surface area contributed by atoms with E-state index < -0.39 is 0 Å². The van der Waals surface area contributed by atoms with Crippen LogP contribution >= 0.6 is 0 Å². The smallest absolute Gasteiger partial charge is 0.160 e. The predicted octanol–water partition coefficient (Wildman–Crippen LogP) is 1.86. The summed E-state index contributed by atoms with van der Waals surface area (Å²) >= 11 is 0. The van der Waals surface area contributed by atoms with Gasteiger partial charge in [-0.2, -0.15) is 0 Å². The summed E-state index contributed by atoms with van der Waals surface area (Å²) in [6, 6.07) is 6.03. The maximum atomic E-state index is 5.32. The maximum Gasteiger partial charge on any atom is 0.160 e. The van der Waals surface area contributed by atoms with Gasteiger partial charge in [-0.3, -0.25) is 0 Å². The van der Waals surface area contributed by atoms with Gasteiger partial charge in [0.1, 0.15) is 0 Å². The topological polar surface area (TPSA) is 48.3 Å². The first-order valence-electron chi connectivity index (χ1n) is 6.63. The average Bonchev–Trinajstić information content (AvgIpc) is 2.92. The van der Waals surface area contributed by atoms with Crippen LogP contribution in [0, 0.1) is 0 Å². The Morgan fingerprint density at radius 1 is 1.20 bits per heavy atom. The number of nitrogens with one attached hydrogen (secondary N) is 1. The second-order valence-electron chi connectivity index (χ2n) is 4.55. The largest absolute Gasteiger partial charge is 0.493 e. The van der Waals surface area contributed by atoms with Crippen molar-refractivity contribution in [3.8, 4) is 11.5 Å². The van der Waals surface area contributed by atoms with Gasteiger partial charge in [0.2, 0.25) is 0 Å². The van der Waals surface area contributed by atoms with Crippen molar-refractivity contribution >= 4 is 0 Å². The van der Waals surface area contributed by atoms with Gasteiger partial charge in [0.05, 0.1) is 26.2 Å². The number of rotatable bonds is 7. The van der Waals surface area contributed by atoms with Crippen LogP contribution in [-0.2, 0) is 19.5 Å². The molecule has 0 bridgehead atoms. The highest BCUT2D eigenvalue weighted by atomic mass is 16.5. The summed E-state index contributed by atoms with van der Waals surface area (Å²) in [6.07, 6.45) is 4.69. The Labute approximate surface area is 119 Å². The van der Waals surface area contributed by atoms with Crippen LogP contribution in [0.5, 0.6) is 11.5 Å². The molecule has 0 saturated heterocycles. The molecule has 5 heteroatoms. The molecule has 1 aromatic carbocycles. The number of nitrogens with zero attached hydrogens (tertiary/aromatic N) is 2. The highest BCUT2D eigenvalue weighted by Gasteiger charge is 2.06. The number of hydrogen-bond acceptors (Lipinski definition) is 4. The van der Waals surface area contributed by atoms with E-state index in [1.807, 2.05) is 31.7 Å². The molecule has 0 saturated carbocycles. The van der Waals surface area contributed by atoms with Crippen molar-refractivity contribution in [1.29, 1.82) is 0 Å². The molecule has 1 heterocycles. The molecule has 1 N–H and O–H groups in total. The molecule has 0 aliphatic rings. The molecule has 0 amide bonds. The minimum Gasteiger partial charge on any atom is -0.493 e. The lowest BCUT2D eigenvalue weighted by Gasteiger charge is -2.11. The zero-order valence-corrected chi connectivity index (χ0v) is 12.2. The number of aromatic nitrogens is 2. The molecule has 108 valence electrons. The lowest BCUT2D eigenvalue weighted by Crippen LogP contribution is -2.11. The predicted molar refractivity (Wildman–Crippen MR) is 78.2 cm³/mol. The van der Waals surface area contributed by atoms with E-state index in [1.165, 1.54) is 11.3 Å².